The fraction of sp³-hybridized carbons (Fsp3) is 0.625. The smallest absolute Gasteiger partial charge is 0.103 e. The number of hydrogen-bond donors (Lipinski definition) is 0. The summed E-state index contributed by atoms with van der Waals surface area (Å²) in [7, 11) is 0. The van der Waals surface area contributed by atoms with E-state index in [1.54, 1.807) is 23.5 Å². The van der Waals surface area contributed by atoms with Gasteiger partial charge in [0.1, 0.15) is 5.04 Å². The Kier molecular flexibility index (Phi) is 6.87. The van der Waals surface area contributed by atoms with Crippen molar-refractivity contribution in [3.8, 4) is 0 Å². The highest BCUT2D eigenvalue weighted by molar-refractivity contribution is 8.17. The molecule has 0 N–H and O–H groups in total. The summed E-state index contributed by atoms with van der Waals surface area (Å²) < 4.78 is 0. The van der Waals surface area contributed by atoms with E-state index in [1.807, 2.05) is 13.2 Å². The Hall–Kier alpha value is 0.110. The summed E-state index contributed by atoms with van der Waals surface area (Å²) in [5, 5.41) is 1.08. The molecule has 1 nitrogen and oxygen atoms in total. The predicted octanol–water partition coefficient (Wildman–Crippen LogP) is 3.03. The predicted molar refractivity (Wildman–Crippen MR) is 58.8 cm³/mol. The Morgan fingerprint density at radius 3 is 2.45 bits per heavy atom. The first-order valence-electron chi connectivity index (χ1n) is 3.66. The molecule has 0 aliphatic heterocycles. The van der Waals surface area contributed by atoms with Crippen LogP contribution in [0.4, 0.5) is 0 Å². The lowest BCUT2D eigenvalue weighted by atomic mass is 10.6. The largest absolute Gasteiger partial charge is 0.278 e. The van der Waals surface area contributed by atoms with Crippen LogP contribution < -0.4 is 0 Å². The van der Waals surface area contributed by atoms with Gasteiger partial charge in [-0.15, -0.1) is 23.5 Å². The summed E-state index contributed by atoms with van der Waals surface area (Å²) in [5.74, 6) is 1.07. The highest BCUT2D eigenvalue weighted by atomic mass is 32.2. The summed E-state index contributed by atoms with van der Waals surface area (Å²) in [5.41, 5.74) is 0. The summed E-state index contributed by atoms with van der Waals surface area (Å²) in [4.78, 5) is 5.42. The average molecular weight is 189 g/mol. The lowest BCUT2D eigenvalue weighted by Gasteiger charge is -2.03. The third-order valence-electron chi connectivity index (χ3n) is 1.05. The van der Waals surface area contributed by atoms with Crippen molar-refractivity contribution >= 4 is 28.6 Å². The molecule has 0 rings (SSSR count). The van der Waals surface area contributed by atoms with Crippen molar-refractivity contribution in [3.05, 3.63) is 11.5 Å². The molecule has 0 bridgehead atoms. The first-order chi connectivity index (χ1) is 5.26. The first kappa shape index (κ1) is 11.1. The van der Waals surface area contributed by atoms with Crippen LogP contribution in [0.15, 0.2) is 16.5 Å². The standard InChI is InChI=1S/C8H15NS2/c1-5-9-8(10-4)7(3)11-6-2/h3,5-6H2,1-2,4H3. The molecular formula is C8H15NS2. The van der Waals surface area contributed by atoms with Crippen molar-refractivity contribution in [3.63, 3.8) is 0 Å². The van der Waals surface area contributed by atoms with E-state index in [2.05, 4.69) is 18.5 Å². The number of rotatable bonds is 4. The second-order valence-electron chi connectivity index (χ2n) is 1.84. The lowest BCUT2D eigenvalue weighted by Crippen LogP contribution is -1.93. The zero-order valence-electron chi connectivity index (χ0n) is 7.39. The minimum Gasteiger partial charge on any atom is -0.278 e. The van der Waals surface area contributed by atoms with Crippen LogP contribution in [0.5, 0.6) is 0 Å². The Balaban J connectivity index is 4.03. The fourth-order valence-electron chi connectivity index (χ4n) is 0.646. The highest BCUT2D eigenvalue weighted by Gasteiger charge is 2.00. The van der Waals surface area contributed by atoms with Crippen molar-refractivity contribution in [1.29, 1.82) is 0 Å². The van der Waals surface area contributed by atoms with Gasteiger partial charge in [-0.05, 0) is 18.9 Å². The van der Waals surface area contributed by atoms with E-state index >= 15 is 0 Å². The minimum atomic E-state index is 0.847. The van der Waals surface area contributed by atoms with Crippen molar-refractivity contribution in [2.24, 2.45) is 4.99 Å². The quantitative estimate of drug-likeness (QED) is 0.498. The maximum absolute atomic E-state index is 4.32. The SMILES string of the molecule is C=C(SCC)C(=NCC)SC. The first-order valence-corrected chi connectivity index (χ1v) is 5.87. The van der Waals surface area contributed by atoms with Gasteiger partial charge in [-0.2, -0.15) is 0 Å². The monoisotopic (exact) mass is 189 g/mol. The van der Waals surface area contributed by atoms with E-state index in [4.69, 9.17) is 0 Å². The second kappa shape index (κ2) is 6.80. The summed E-state index contributed by atoms with van der Waals surface area (Å²) >= 11 is 3.43. The van der Waals surface area contributed by atoms with Crippen LogP contribution >= 0.6 is 23.5 Å². The molecular weight excluding hydrogens is 174 g/mol. The maximum Gasteiger partial charge on any atom is 0.103 e. The Labute approximate surface area is 77.7 Å². The Morgan fingerprint density at radius 1 is 1.45 bits per heavy atom. The maximum atomic E-state index is 4.32. The van der Waals surface area contributed by atoms with Crippen LogP contribution in [0.2, 0.25) is 0 Å². The molecule has 0 aromatic carbocycles. The summed E-state index contributed by atoms with van der Waals surface area (Å²) in [6, 6.07) is 0. The van der Waals surface area contributed by atoms with Gasteiger partial charge in [0.15, 0.2) is 0 Å². The van der Waals surface area contributed by atoms with Gasteiger partial charge in [0.2, 0.25) is 0 Å². The summed E-state index contributed by atoms with van der Waals surface area (Å²) in [6.07, 6.45) is 2.04. The molecule has 64 valence electrons. The molecule has 0 radical (unpaired) electrons. The van der Waals surface area contributed by atoms with Gasteiger partial charge in [-0.1, -0.05) is 13.5 Å². The highest BCUT2D eigenvalue weighted by Crippen LogP contribution is 2.20. The number of nitrogens with zero attached hydrogens (tertiary/aromatic N) is 1. The van der Waals surface area contributed by atoms with E-state index in [0.29, 0.717) is 0 Å². The normalized spacial score (nSPS) is 11.7. The van der Waals surface area contributed by atoms with Crippen molar-refractivity contribution in [2.75, 3.05) is 18.6 Å². The van der Waals surface area contributed by atoms with Crippen LogP contribution in [0.3, 0.4) is 0 Å². The van der Waals surface area contributed by atoms with Gasteiger partial charge in [-0.3, -0.25) is 4.99 Å². The van der Waals surface area contributed by atoms with Crippen LogP contribution in [0.25, 0.3) is 0 Å². The molecule has 0 aromatic heterocycles. The minimum absolute atomic E-state index is 0.847. The number of thioether (sulfide) groups is 2. The zero-order valence-corrected chi connectivity index (χ0v) is 9.02. The van der Waals surface area contributed by atoms with E-state index < -0.39 is 0 Å². The topological polar surface area (TPSA) is 12.4 Å². The molecule has 11 heavy (non-hydrogen) atoms. The molecule has 0 saturated carbocycles. The fourth-order valence-corrected chi connectivity index (χ4v) is 2.10. The molecule has 0 aliphatic rings. The number of aliphatic imine (C=N–C) groups is 1. The molecule has 0 unspecified atom stereocenters. The van der Waals surface area contributed by atoms with Crippen LogP contribution in [0, 0.1) is 0 Å². The van der Waals surface area contributed by atoms with Gasteiger partial charge < -0.3 is 0 Å². The molecule has 3 heteroatoms. The van der Waals surface area contributed by atoms with E-state index in [0.717, 1.165) is 22.2 Å². The van der Waals surface area contributed by atoms with E-state index in [9.17, 15) is 0 Å². The van der Waals surface area contributed by atoms with Crippen molar-refractivity contribution in [1.82, 2.24) is 0 Å². The van der Waals surface area contributed by atoms with Gasteiger partial charge in [0.05, 0.1) is 0 Å². The van der Waals surface area contributed by atoms with Gasteiger partial charge in [-0.25, -0.2) is 0 Å². The van der Waals surface area contributed by atoms with Crippen molar-refractivity contribution in [2.45, 2.75) is 13.8 Å². The van der Waals surface area contributed by atoms with Gasteiger partial charge in [0.25, 0.3) is 0 Å². The molecule has 0 aliphatic carbocycles. The Morgan fingerprint density at radius 2 is 2.09 bits per heavy atom. The van der Waals surface area contributed by atoms with E-state index in [-0.39, 0.29) is 0 Å². The molecule has 0 fully saturated rings. The van der Waals surface area contributed by atoms with Gasteiger partial charge >= 0.3 is 0 Å². The number of hydrogen-bond acceptors (Lipinski definition) is 3. The second-order valence-corrected chi connectivity index (χ2v) is 3.99. The molecule has 0 atom stereocenters. The zero-order chi connectivity index (χ0) is 8.69. The molecule has 0 spiro atoms. The molecule has 0 aromatic rings. The molecule has 0 saturated heterocycles. The van der Waals surface area contributed by atoms with Gasteiger partial charge in [0, 0.05) is 11.4 Å². The molecule has 0 amide bonds. The van der Waals surface area contributed by atoms with Crippen LogP contribution in [-0.2, 0) is 0 Å². The summed E-state index contributed by atoms with van der Waals surface area (Å²) in [6.45, 7) is 8.96. The van der Waals surface area contributed by atoms with Crippen LogP contribution in [0.1, 0.15) is 13.8 Å². The van der Waals surface area contributed by atoms with Crippen molar-refractivity contribution < 1.29 is 0 Å². The average Bonchev–Trinajstić information content (AvgIpc) is 2.00. The third kappa shape index (κ3) is 4.53. The molecule has 0 heterocycles. The lowest BCUT2D eigenvalue weighted by molar-refractivity contribution is 1.14. The van der Waals surface area contributed by atoms with Crippen LogP contribution in [-0.4, -0.2) is 23.6 Å². The third-order valence-corrected chi connectivity index (χ3v) is 2.77. The van der Waals surface area contributed by atoms with E-state index in [1.165, 1.54) is 0 Å². The Bertz CT molecular complexity index is 152.